The van der Waals surface area contributed by atoms with Crippen molar-refractivity contribution >= 4 is 46.9 Å². The zero-order chi connectivity index (χ0) is 24.4. The van der Waals surface area contributed by atoms with E-state index in [1.807, 2.05) is 0 Å². The summed E-state index contributed by atoms with van der Waals surface area (Å²) >= 11 is 1.23. The molecule has 1 aliphatic carbocycles. The predicted octanol–water partition coefficient (Wildman–Crippen LogP) is 2.18. The molecule has 2 aliphatic rings. The predicted molar refractivity (Wildman–Crippen MR) is 123 cm³/mol. The number of methoxy groups -OCH3 is 1. The topological polar surface area (TPSA) is 133 Å². The quantitative estimate of drug-likeness (QED) is 0.244. The molecule has 0 atom stereocenters. The van der Waals surface area contributed by atoms with E-state index in [4.69, 9.17) is 10.5 Å². The monoisotopic (exact) mass is 480 g/mol. The van der Waals surface area contributed by atoms with E-state index in [9.17, 15) is 24.0 Å². The molecule has 34 heavy (non-hydrogen) atoms. The highest BCUT2D eigenvalue weighted by molar-refractivity contribution is 8.04. The van der Waals surface area contributed by atoms with Gasteiger partial charge in [0.15, 0.2) is 11.6 Å². The fourth-order valence-corrected chi connectivity index (χ4v) is 4.74. The zero-order valence-corrected chi connectivity index (χ0v) is 19.0. The van der Waals surface area contributed by atoms with Crippen molar-refractivity contribution in [3.63, 3.8) is 0 Å². The largest absolute Gasteiger partial charge is 0.466 e. The number of rotatable bonds is 6. The van der Waals surface area contributed by atoms with Crippen LogP contribution >= 0.6 is 11.8 Å². The summed E-state index contributed by atoms with van der Waals surface area (Å²) in [4.78, 5) is 63.3. The number of fused-ring (bicyclic) bond motifs is 2. The van der Waals surface area contributed by atoms with E-state index in [2.05, 4.69) is 4.74 Å². The Morgan fingerprint density at radius 2 is 1.76 bits per heavy atom. The highest BCUT2D eigenvalue weighted by Gasteiger charge is 2.33. The third-order valence-corrected chi connectivity index (χ3v) is 6.49. The van der Waals surface area contributed by atoms with Gasteiger partial charge in [0.25, 0.3) is 0 Å². The number of ether oxygens (including phenoxy) is 2. The van der Waals surface area contributed by atoms with E-state index in [0.717, 1.165) is 0 Å². The highest BCUT2D eigenvalue weighted by atomic mass is 32.2. The molecule has 1 fully saturated rings. The van der Waals surface area contributed by atoms with Gasteiger partial charge in [-0.3, -0.25) is 14.4 Å². The molecular weight excluding hydrogens is 460 g/mol. The summed E-state index contributed by atoms with van der Waals surface area (Å²) in [6.45, 7) is 0.219. The minimum Gasteiger partial charge on any atom is -0.466 e. The lowest BCUT2D eigenvalue weighted by molar-refractivity contribution is -0.134. The number of benzene rings is 2. The van der Waals surface area contributed by atoms with Crippen molar-refractivity contribution in [1.29, 1.82) is 0 Å². The van der Waals surface area contributed by atoms with Crippen LogP contribution in [0.5, 0.6) is 0 Å². The minimum absolute atomic E-state index is 0.00423. The Hall–Kier alpha value is -3.92. The second-order valence-corrected chi connectivity index (χ2v) is 8.48. The van der Waals surface area contributed by atoms with Gasteiger partial charge in [-0.25, -0.2) is 9.59 Å². The van der Waals surface area contributed by atoms with Crippen molar-refractivity contribution in [1.82, 2.24) is 4.90 Å². The van der Waals surface area contributed by atoms with Gasteiger partial charge in [-0.05, 0) is 18.6 Å². The number of anilines is 1. The molecule has 174 valence electrons. The molecule has 2 aromatic rings. The number of esters is 2. The molecule has 10 heteroatoms. The van der Waals surface area contributed by atoms with Crippen LogP contribution < -0.4 is 5.73 Å². The Bertz CT molecular complexity index is 1270. The number of carbonyl (C=O) groups excluding carboxylic acids is 5. The molecule has 2 N–H and O–H groups in total. The summed E-state index contributed by atoms with van der Waals surface area (Å²) in [6, 6.07) is 9.22. The number of hydrogen-bond donors (Lipinski definition) is 1. The van der Waals surface area contributed by atoms with Crippen LogP contribution in [0.4, 0.5) is 5.69 Å². The van der Waals surface area contributed by atoms with Gasteiger partial charge in [0, 0.05) is 23.2 Å². The number of thioether (sulfide) groups is 1. The lowest BCUT2D eigenvalue weighted by Gasteiger charge is -2.20. The molecule has 1 saturated heterocycles. The van der Waals surface area contributed by atoms with Crippen LogP contribution in [0.3, 0.4) is 0 Å². The minimum atomic E-state index is -0.744. The number of amides is 1. The first-order chi connectivity index (χ1) is 16.3. The summed E-state index contributed by atoms with van der Waals surface area (Å²) in [5.41, 5.74) is 6.69. The lowest BCUT2D eigenvalue weighted by atomic mass is 9.82. The van der Waals surface area contributed by atoms with E-state index >= 15 is 0 Å². The van der Waals surface area contributed by atoms with Crippen molar-refractivity contribution in [3.05, 3.63) is 75.3 Å². The van der Waals surface area contributed by atoms with E-state index < -0.39 is 17.7 Å². The molecule has 2 aromatic carbocycles. The van der Waals surface area contributed by atoms with Crippen LogP contribution in [0.15, 0.2) is 47.5 Å². The zero-order valence-electron chi connectivity index (χ0n) is 18.2. The van der Waals surface area contributed by atoms with Crippen LogP contribution in [-0.2, 0) is 19.1 Å². The van der Waals surface area contributed by atoms with Gasteiger partial charge >= 0.3 is 11.9 Å². The van der Waals surface area contributed by atoms with Crippen molar-refractivity contribution in [2.45, 2.75) is 6.42 Å². The maximum Gasteiger partial charge on any atom is 0.340 e. The van der Waals surface area contributed by atoms with Gasteiger partial charge in [-0.2, -0.15) is 0 Å². The van der Waals surface area contributed by atoms with E-state index in [1.165, 1.54) is 42.0 Å². The molecule has 0 aromatic heterocycles. The Kier molecular flexibility index (Phi) is 6.51. The van der Waals surface area contributed by atoms with Crippen molar-refractivity contribution < 1.29 is 33.4 Å². The third kappa shape index (κ3) is 4.19. The normalized spacial score (nSPS) is 15.9. The van der Waals surface area contributed by atoms with Gasteiger partial charge < -0.3 is 20.1 Å². The standard InChI is InChI=1S/C24H20N2O7S/c1-32-19(28)11-18-26(17(27)12-34-18)9-4-10-33-24(31)16-8-7-15-20(21(16)25)23(30)14-6-3-2-5-13(14)22(15)29/h2-3,5-8,11H,4,9-10,12,25H2,1H3/b18-11+. The van der Waals surface area contributed by atoms with Gasteiger partial charge in [-0.15, -0.1) is 0 Å². The molecule has 1 aliphatic heterocycles. The number of nitrogens with zero attached hydrogens (tertiary/aromatic N) is 1. The number of ketones is 2. The summed E-state index contributed by atoms with van der Waals surface area (Å²) in [5, 5.41) is 0.477. The second kappa shape index (κ2) is 9.52. The fourth-order valence-electron chi connectivity index (χ4n) is 3.78. The summed E-state index contributed by atoms with van der Waals surface area (Å²) in [7, 11) is 1.25. The Labute approximate surface area is 198 Å². The van der Waals surface area contributed by atoms with Crippen molar-refractivity contribution in [3.8, 4) is 0 Å². The molecule has 0 radical (unpaired) electrons. The van der Waals surface area contributed by atoms with Crippen LogP contribution in [0.1, 0.15) is 48.6 Å². The molecule has 0 unspecified atom stereocenters. The summed E-state index contributed by atoms with van der Waals surface area (Å²) in [5.74, 6) is -2.01. The van der Waals surface area contributed by atoms with Gasteiger partial charge in [-0.1, -0.05) is 36.0 Å². The van der Waals surface area contributed by atoms with Gasteiger partial charge in [0.1, 0.15) is 0 Å². The maximum absolute atomic E-state index is 13.0. The number of hydrogen-bond acceptors (Lipinski definition) is 9. The highest BCUT2D eigenvalue weighted by Crippen LogP contribution is 2.33. The Morgan fingerprint density at radius 3 is 2.47 bits per heavy atom. The van der Waals surface area contributed by atoms with E-state index in [1.54, 1.807) is 24.3 Å². The van der Waals surface area contributed by atoms with Crippen LogP contribution in [-0.4, -0.2) is 60.3 Å². The number of nitrogens with two attached hydrogens (primary N) is 1. The summed E-state index contributed by atoms with van der Waals surface area (Å²) < 4.78 is 9.89. The van der Waals surface area contributed by atoms with E-state index in [-0.39, 0.29) is 58.5 Å². The molecule has 1 amide bonds. The van der Waals surface area contributed by atoms with Crippen molar-refractivity contribution in [2.24, 2.45) is 0 Å². The van der Waals surface area contributed by atoms with Gasteiger partial charge in [0.05, 0.1) is 47.4 Å². The first-order valence-electron chi connectivity index (χ1n) is 10.3. The van der Waals surface area contributed by atoms with Gasteiger partial charge in [0.2, 0.25) is 5.91 Å². The SMILES string of the molecule is COC(=O)/C=C1/SCC(=O)N1CCCOC(=O)c1ccc2c(c1N)C(=O)c1ccccc1C2=O. The van der Waals surface area contributed by atoms with E-state index in [0.29, 0.717) is 17.0 Å². The number of nitrogen functional groups attached to an aromatic ring is 1. The molecule has 4 rings (SSSR count). The Balaban J connectivity index is 1.43. The molecule has 0 spiro atoms. The van der Waals surface area contributed by atoms with Crippen LogP contribution in [0, 0.1) is 0 Å². The van der Waals surface area contributed by atoms with Crippen LogP contribution in [0.2, 0.25) is 0 Å². The average molecular weight is 480 g/mol. The first kappa shape index (κ1) is 23.2. The average Bonchev–Trinajstić information content (AvgIpc) is 3.18. The second-order valence-electron chi connectivity index (χ2n) is 7.48. The summed E-state index contributed by atoms with van der Waals surface area (Å²) in [6.07, 6.45) is 1.55. The smallest absolute Gasteiger partial charge is 0.340 e. The van der Waals surface area contributed by atoms with Crippen LogP contribution in [0.25, 0.3) is 0 Å². The van der Waals surface area contributed by atoms with Crippen molar-refractivity contribution in [2.75, 3.05) is 31.7 Å². The third-order valence-electron chi connectivity index (χ3n) is 5.47. The maximum atomic E-state index is 13.0. The molecule has 0 saturated carbocycles. The molecular formula is C24H20N2O7S. The fraction of sp³-hybridized carbons (Fsp3) is 0.208. The molecule has 9 nitrogen and oxygen atoms in total. The molecule has 1 heterocycles. The first-order valence-corrected chi connectivity index (χ1v) is 11.3. The molecule has 0 bridgehead atoms. The Morgan fingerprint density at radius 1 is 1.06 bits per heavy atom. The lowest BCUT2D eigenvalue weighted by Crippen LogP contribution is -2.27. The number of carbonyl (C=O) groups is 5.